The van der Waals surface area contributed by atoms with E-state index in [-0.39, 0.29) is 0 Å². The molecule has 1 atom stereocenters. The lowest BCUT2D eigenvalue weighted by Gasteiger charge is -2.26. The van der Waals surface area contributed by atoms with Gasteiger partial charge in [0, 0.05) is 6.08 Å². The van der Waals surface area contributed by atoms with E-state index in [1.54, 1.807) is 0 Å². The maximum absolute atomic E-state index is 10.9. The van der Waals surface area contributed by atoms with Crippen LogP contribution in [0.1, 0.15) is 42.4 Å². The molecule has 0 spiro atoms. The Morgan fingerprint density at radius 2 is 2.16 bits per heavy atom. The predicted octanol–water partition coefficient (Wildman–Crippen LogP) is 4.05. The highest BCUT2D eigenvalue weighted by atomic mass is 16.4. The molecule has 2 nitrogen and oxygen atoms in total. The number of hydrogen-bond acceptors (Lipinski definition) is 1. The number of aryl methyl sites for hydroxylation is 2. The first-order valence-corrected chi connectivity index (χ1v) is 7.06. The molecule has 1 aliphatic rings. The second-order valence-electron chi connectivity index (χ2n) is 5.63. The highest BCUT2D eigenvalue weighted by molar-refractivity contribution is 5.80. The van der Waals surface area contributed by atoms with Crippen LogP contribution in [0.2, 0.25) is 0 Å². The lowest BCUT2D eigenvalue weighted by atomic mass is 9.79. The quantitative estimate of drug-likeness (QED) is 0.830. The van der Waals surface area contributed by atoms with Crippen molar-refractivity contribution in [1.82, 2.24) is 0 Å². The zero-order valence-electron chi connectivity index (χ0n) is 11.8. The van der Waals surface area contributed by atoms with Gasteiger partial charge in [-0.05, 0) is 56.6 Å². The molecule has 0 radical (unpaired) electrons. The summed E-state index contributed by atoms with van der Waals surface area (Å²) < 4.78 is 0. The van der Waals surface area contributed by atoms with Crippen molar-refractivity contribution < 1.29 is 9.90 Å². The van der Waals surface area contributed by atoms with Crippen molar-refractivity contribution >= 4 is 5.97 Å². The fraction of sp³-hybridized carbons (Fsp3) is 0.471. The lowest BCUT2D eigenvalue weighted by molar-refractivity contribution is -0.131. The van der Waals surface area contributed by atoms with Crippen LogP contribution in [0.25, 0.3) is 0 Å². The maximum Gasteiger partial charge on any atom is 0.328 e. The molecular weight excluding hydrogens is 236 g/mol. The summed E-state index contributed by atoms with van der Waals surface area (Å²) in [5.74, 6) is -0.395. The van der Waals surface area contributed by atoms with E-state index in [2.05, 4.69) is 32.0 Å². The molecule has 1 N–H and O–H groups in total. The van der Waals surface area contributed by atoms with Crippen LogP contribution in [0.4, 0.5) is 0 Å². The van der Waals surface area contributed by atoms with Gasteiger partial charge >= 0.3 is 5.97 Å². The van der Waals surface area contributed by atoms with Crippen molar-refractivity contribution in [3.8, 4) is 0 Å². The van der Waals surface area contributed by atoms with Crippen molar-refractivity contribution in [2.45, 2.75) is 46.0 Å². The average Bonchev–Trinajstić information content (AvgIpc) is 2.35. The van der Waals surface area contributed by atoms with Gasteiger partial charge in [0.05, 0.1) is 0 Å². The number of aliphatic carboxylic acids is 1. The van der Waals surface area contributed by atoms with Gasteiger partial charge in [0.15, 0.2) is 0 Å². The molecule has 1 unspecified atom stereocenters. The van der Waals surface area contributed by atoms with Crippen LogP contribution in [-0.2, 0) is 11.2 Å². The zero-order chi connectivity index (χ0) is 13.8. The molecule has 1 aromatic rings. The number of benzene rings is 1. The Bertz CT molecular complexity index is 500. The number of allylic oxidation sites excluding steroid dienone is 1. The molecule has 1 aromatic carbocycles. The van der Waals surface area contributed by atoms with E-state index in [4.69, 9.17) is 5.11 Å². The normalized spacial score (nSPS) is 21.6. The van der Waals surface area contributed by atoms with E-state index >= 15 is 0 Å². The topological polar surface area (TPSA) is 37.3 Å². The fourth-order valence-electron chi connectivity index (χ4n) is 2.98. The van der Waals surface area contributed by atoms with Gasteiger partial charge in [-0.25, -0.2) is 4.79 Å². The molecular formula is C17H22O2. The Labute approximate surface area is 115 Å². The highest BCUT2D eigenvalue weighted by Gasteiger charge is 2.20. The number of carbonyl (C=O) groups is 1. The minimum atomic E-state index is -0.803. The van der Waals surface area contributed by atoms with Gasteiger partial charge in [0.2, 0.25) is 0 Å². The molecule has 0 heterocycles. The first-order valence-electron chi connectivity index (χ1n) is 7.06. The number of carboxylic acids is 1. The van der Waals surface area contributed by atoms with E-state index in [9.17, 15) is 4.79 Å². The summed E-state index contributed by atoms with van der Waals surface area (Å²) >= 11 is 0. The third-order valence-electron chi connectivity index (χ3n) is 4.07. The van der Waals surface area contributed by atoms with Crippen molar-refractivity contribution in [2.24, 2.45) is 5.92 Å². The van der Waals surface area contributed by atoms with E-state index in [1.807, 2.05) is 0 Å². The van der Waals surface area contributed by atoms with Crippen molar-refractivity contribution in [1.29, 1.82) is 0 Å². The number of rotatable bonds is 3. The zero-order valence-corrected chi connectivity index (χ0v) is 11.8. The fourth-order valence-corrected chi connectivity index (χ4v) is 2.98. The van der Waals surface area contributed by atoms with Crippen LogP contribution >= 0.6 is 0 Å². The molecule has 0 amide bonds. The SMILES string of the molecule is Cc1ccc(C)c(CC2CCCC/C2=C\C(=O)O)c1. The van der Waals surface area contributed by atoms with Gasteiger partial charge in [-0.3, -0.25) is 0 Å². The van der Waals surface area contributed by atoms with E-state index in [0.29, 0.717) is 5.92 Å². The average molecular weight is 258 g/mol. The highest BCUT2D eigenvalue weighted by Crippen LogP contribution is 2.32. The van der Waals surface area contributed by atoms with Crippen LogP contribution < -0.4 is 0 Å². The molecule has 2 heteroatoms. The Hall–Kier alpha value is -1.57. The van der Waals surface area contributed by atoms with Crippen LogP contribution in [0.5, 0.6) is 0 Å². The third kappa shape index (κ3) is 3.69. The summed E-state index contributed by atoms with van der Waals surface area (Å²) in [5, 5.41) is 8.97. The summed E-state index contributed by atoms with van der Waals surface area (Å²) in [4.78, 5) is 10.9. The molecule has 0 saturated heterocycles. The first-order chi connectivity index (χ1) is 9.06. The van der Waals surface area contributed by atoms with E-state index in [0.717, 1.165) is 31.3 Å². The molecule has 0 aromatic heterocycles. The predicted molar refractivity (Wildman–Crippen MR) is 77.3 cm³/mol. The number of hydrogen-bond donors (Lipinski definition) is 1. The Morgan fingerprint density at radius 1 is 1.37 bits per heavy atom. The van der Waals surface area contributed by atoms with Crippen LogP contribution in [0.15, 0.2) is 29.8 Å². The lowest BCUT2D eigenvalue weighted by Crippen LogP contribution is -2.15. The van der Waals surface area contributed by atoms with E-state index in [1.165, 1.54) is 29.2 Å². The molecule has 1 aliphatic carbocycles. The maximum atomic E-state index is 10.9. The summed E-state index contributed by atoms with van der Waals surface area (Å²) in [6.07, 6.45) is 6.82. The Kier molecular flexibility index (Phi) is 4.41. The van der Waals surface area contributed by atoms with Gasteiger partial charge in [-0.1, -0.05) is 35.8 Å². The Morgan fingerprint density at radius 3 is 2.89 bits per heavy atom. The van der Waals surface area contributed by atoms with E-state index < -0.39 is 5.97 Å². The molecule has 102 valence electrons. The van der Waals surface area contributed by atoms with Crippen LogP contribution in [-0.4, -0.2) is 11.1 Å². The smallest absolute Gasteiger partial charge is 0.328 e. The minimum Gasteiger partial charge on any atom is -0.478 e. The first kappa shape index (κ1) is 13.9. The minimum absolute atomic E-state index is 0.408. The van der Waals surface area contributed by atoms with Crippen molar-refractivity contribution in [3.05, 3.63) is 46.5 Å². The number of carboxylic acid groups (broad SMARTS) is 1. The van der Waals surface area contributed by atoms with Gasteiger partial charge in [0.1, 0.15) is 0 Å². The van der Waals surface area contributed by atoms with Crippen LogP contribution in [0, 0.1) is 19.8 Å². The largest absolute Gasteiger partial charge is 0.478 e. The van der Waals surface area contributed by atoms with Gasteiger partial charge < -0.3 is 5.11 Å². The second kappa shape index (κ2) is 6.05. The van der Waals surface area contributed by atoms with Crippen molar-refractivity contribution in [3.63, 3.8) is 0 Å². The molecule has 1 saturated carbocycles. The molecule has 0 aliphatic heterocycles. The summed E-state index contributed by atoms with van der Waals surface area (Å²) in [6, 6.07) is 6.53. The summed E-state index contributed by atoms with van der Waals surface area (Å²) in [6.45, 7) is 4.25. The molecule has 19 heavy (non-hydrogen) atoms. The van der Waals surface area contributed by atoms with Gasteiger partial charge in [0.25, 0.3) is 0 Å². The third-order valence-corrected chi connectivity index (χ3v) is 4.07. The molecule has 2 rings (SSSR count). The summed E-state index contributed by atoms with van der Waals surface area (Å²) in [7, 11) is 0. The summed E-state index contributed by atoms with van der Waals surface area (Å²) in [5.41, 5.74) is 5.08. The second-order valence-corrected chi connectivity index (χ2v) is 5.63. The van der Waals surface area contributed by atoms with Gasteiger partial charge in [-0.2, -0.15) is 0 Å². The standard InChI is InChI=1S/C17H22O2/c1-12-7-8-13(2)16(9-12)10-14-5-3-4-6-15(14)11-17(18)19/h7-9,11,14H,3-6,10H2,1-2H3,(H,18,19)/b15-11+. The van der Waals surface area contributed by atoms with Crippen LogP contribution in [0.3, 0.4) is 0 Å². The Balaban J connectivity index is 2.20. The van der Waals surface area contributed by atoms with Crippen molar-refractivity contribution in [2.75, 3.05) is 0 Å². The monoisotopic (exact) mass is 258 g/mol. The molecule has 0 bridgehead atoms. The van der Waals surface area contributed by atoms with Gasteiger partial charge in [-0.15, -0.1) is 0 Å². The molecule has 1 fully saturated rings.